The Morgan fingerprint density at radius 1 is 1.64 bits per heavy atom. The van der Waals surface area contributed by atoms with Gasteiger partial charge in [0.1, 0.15) is 9.04 Å². The molecule has 0 aromatic heterocycles. The van der Waals surface area contributed by atoms with Crippen LogP contribution in [0.4, 0.5) is 0 Å². The molecule has 0 aliphatic heterocycles. The smallest absolute Gasteiger partial charge is 0.137 e. The summed E-state index contributed by atoms with van der Waals surface area (Å²) < 4.78 is 13.7. The predicted molar refractivity (Wildman–Crippen MR) is 44.2 cm³/mol. The van der Waals surface area contributed by atoms with Crippen molar-refractivity contribution in [2.75, 3.05) is 0 Å². The lowest BCUT2D eigenvalue weighted by molar-refractivity contribution is -0.108. The van der Waals surface area contributed by atoms with Gasteiger partial charge < -0.3 is 10.5 Å². The minimum absolute atomic E-state index is 0.396. The van der Waals surface area contributed by atoms with E-state index in [4.69, 9.17) is 2.78 Å². The summed E-state index contributed by atoms with van der Waals surface area (Å²) in [5.74, 6) is 0. The molecule has 0 aliphatic rings. The molecular formula is C9H11NO. The standard InChI is InChI=1S/C9H11NO/c10-9(7-11)6-8-4-2-1-3-5-8/h1-5,7,9H,6,10H2/t9-/m0/s1/i7D/hD. The van der Waals surface area contributed by atoms with Gasteiger partial charge in [0.05, 0.1) is 6.04 Å². The molecule has 0 saturated heterocycles. The van der Waals surface area contributed by atoms with Crippen LogP contribution < -0.4 is 5.73 Å². The third-order valence-corrected chi connectivity index (χ3v) is 1.42. The maximum atomic E-state index is 10.7. The monoisotopic (exact) mass is 151 g/mol. The molecule has 2 N–H and O–H groups in total. The van der Waals surface area contributed by atoms with Crippen LogP contribution in [0, 0.1) is 0 Å². The lowest BCUT2D eigenvalue weighted by atomic mass is 10.1. The minimum atomic E-state index is -0.751. The molecule has 0 radical (unpaired) electrons. The van der Waals surface area contributed by atoms with Crippen LogP contribution in [0.1, 0.15) is 6.93 Å². The lowest BCUT2D eigenvalue weighted by Crippen LogP contribution is -2.23. The summed E-state index contributed by atoms with van der Waals surface area (Å²) in [7, 11) is 0. The van der Waals surface area contributed by atoms with Gasteiger partial charge in [-0.05, 0) is 12.0 Å². The first-order valence-electron chi connectivity index (χ1n) is 4.45. The van der Waals surface area contributed by atoms with Crippen molar-refractivity contribution in [3.8, 4) is 0 Å². The summed E-state index contributed by atoms with van der Waals surface area (Å²) in [5.41, 5.74) is 3.01. The zero-order valence-electron chi connectivity index (χ0n) is 8.08. The minimum Gasteiger partial charge on any atom is -0.321 e. The van der Waals surface area contributed by atoms with E-state index < -0.39 is 12.3 Å². The first-order chi connectivity index (χ1) is 6.24. The van der Waals surface area contributed by atoms with E-state index in [0.29, 0.717) is 6.42 Å². The Balaban J connectivity index is 2.62. The molecular weight excluding hydrogens is 138 g/mol. The second-order valence-electron chi connectivity index (χ2n) is 2.36. The largest absolute Gasteiger partial charge is 0.321 e. The molecule has 58 valence electrons. The van der Waals surface area contributed by atoms with Gasteiger partial charge in [-0.3, -0.25) is 0 Å². The van der Waals surface area contributed by atoms with Crippen molar-refractivity contribution >= 4 is 6.26 Å². The van der Waals surface area contributed by atoms with Gasteiger partial charge in [-0.25, -0.2) is 0 Å². The molecule has 2 nitrogen and oxygen atoms in total. The summed E-state index contributed by atoms with van der Waals surface area (Å²) in [5, 5.41) is 0. The summed E-state index contributed by atoms with van der Waals surface area (Å²) >= 11 is 0. The van der Waals surface area contributed by atoms with E-state index in [9.17, 15) is 4.79 Å². The highest BCUT2D eigenvalue weighted by atomic mass is 16.1. The Labute approximate surface area is 68.9 Å². The molecule has 0 unspecified atom stereocenters. The van der Waals surface area contributed by atoms with Gasteiger partial charge in [0, 0.05) is 0 Å². The molecule has 11 heavy (non-hydrogen) atoms. The first-order valence-corrected chi connectivity index (χ1v) is 3.45. The van der Waals surface area contributed by atoms with E-state index in [1.54, 1.807) is 0 Å². The molecule has 0 bridgehead atoms. The summed E-state index contributed by atoms with van der Waals surface area (Å²) in [6.45, 7) is 0. The van der Waals surface area contributed by atoms with E-state index in [0.717, 1.165) is 5.56 Å². The third kappa shape index (κ3) is 2.51. The summed E-state index contributed by atoms with van der Waals surface area (Å²) in [4.78, 5) is 10.7. The fourth-order valence-electron chi connectivity index (χ4n) is 0.891. The number of aldehydes is 1. The molecule has 1 atom stereocenters. The van der Waals surface area contributed by atoms with E-state index in [1.807, 2.05) is 30.3 Å². The van der Waals surface area contributed by atoms with Crippen LogP contribution in [0.15, 0.2) is 30.3 Å². The predicted octanol–water partition coefficient (Wildman–Crippen LogP) is 0.755. The quantitative estimate of drug-likeness (QED) is 0.645. The second-order valence-corrected chi connectivity index (χ2v) is 2.36. The van der Waals surface area contributed by atoms with Gasteiger partial charge in [0.25, 0.3) is 0 Å². The second kappa shape index (κ2) is 3.88. The normalized spacial score (nSPS) is 14.9. The van der Waals surface area contributed by atoms with Gasteiger partial charge in [0.15, 0.2) is 0 Å². The molecule has 1 aromatic carbocycles. The number of rotatable bonds is 4. The fourth-order valence-corrected chi connectivity index (χ4v) is 0.891. The zero-order valence-corrected chi connectivity index (χ0v) is 6.08. The zero-order chi connectivity index (χ0) is 9.68. The summed E-state index contributed by atoms with van der Waals surface area (Å²) in [6, 6.07) is 8.63. The van der Waals surface area contributed by atoms with Crippen molar-refractivity contribution in [2.45, 2.75) is 12.5 Å². The van der Waals surface area contributed by atoms with E-state index in [1.165, 1.54) is 0 Å². The first kappa shape index (κ1) is 5.49. The SMILES string of the molecule is [2H]N[C@@H](Cc1ccccc1)C([2H])=O. The maximum Gasteiger partial charge on any atom is 0.137 e. The molecule has 1 rings (SSSR count). The topological polar surface area (TPSA) is 43.1 Å². The summed E-state index contributed by atoms with van der Waals surface area (Å²) in [6.07, 6.45) is -0.356. The van der Waals surface area contributed by atoms with Crippen LogP contribution in [0.25, 0.3) is 0 Å². The third-order valence-electron chi connectivity index (χ3n) is 1.42. The number of carbonyl (C=O) groups is 1. The maximum absolute atomic E-state index is 10.7. The molecule has 0 amide bonds. The molecule has 1 aromatic rings. The number of benzene rings is 1. The highest BCUT2D eigenvalue weighted by Crippen LogP contribution is 1.99. The average Bonchev–Trinajstić information content (AvgIpc) is 2.15. The van der Waals surface area contributed by atoms with Crippen molar-refractivity contribution < 1.29 is 7.58 Å². The fraction of sp³-hybridized carbons (Fsp3) is 0.222. The number of nitrogens with two attached hydrogens (primary N) is 1. The van der Waals surface area contributed by atoms with Gasteiger partial charge >= 0.3 is 0 Å². The van der Waals surface area contributed by atoms with Crippen LogP contribution in [0.3, 0.4) is 0 Å². The number of hydrogen-bond acceptors (Lipinski definition) is 2. The van der Waals surface area contributed by atoms with Gasteiger partial charge in [-0.2, -0.15) is 0 Å². The van der Waals surface area contributed by atoms with Crippen LogP contribution in [0.5, 0.6) is 0 Å². The Morgan fingerprint density at radius 2 is 2.36 bits per heavy atom. The highest BCUT2D eigenvalue weighted by molar-refractivity contribution is 5.57. The Morgan fingerprint density at radius 3 is 2.91 bits per heavy atom. The van der Waals surface area contributed by atoms with Crippen LogP contribution in [-0.4, -0.2) is 12.3 Å². The Hall–Kier alpha value is -1.15. The molecule has 2 heteroatoms. The van der Waals surface area contributed by atoms with Crippen molar-refractivity contribution in [1.82, 2.24) is 0 Å². The molecule has 0 spiro atoms. The van der Waals surface area contributed by atoms with E-state index in [-0.39, 0.29) is 0 Å². The van der Waals surface area contributed by atoms with E-state index >= 15 is 0 Å². The average molecular weight is 151 g/mol. The van der Waals surface area contributed by atoms with Gasteiger partial charge in [0.2, 0.25) is 0 Å². The molecule has 0 saturated carbocycles. The van der Waals surface area contributed by atoms with Crippen molar-refractivity contribution in [2.24, 2.45) is 5.73 Å². The molecule has 0 aliphatic carbocycles. The molecule has 0 heterocycles. The number of carbonyl (C=O) groups excluding carboxylic acids is 1. The van der Waals surface area contributed by atoms with Crippen molar-refractivity contribution in [3.05, 3.63) is 35.9 Å². The van der Waals surface area contributed by atoms with E-state index in [2.05, 4.69) is 5.73 Å². The van der Waals surface area contributed by atoms with Crippen LogP contribution >= 0.6 is 0 Å². The highest BCUT2D eigenvalue weighted by Gasteiger charge is 1.99. The van der Waals surface area contributed by atoms with Gasteiger partial charge in [-0.1, -0.05) is 30.3 Å². The van der Waals surface area contributed by atoms with Gasteiger partial charge in [-0.15, -0.1) is 0 Å². The Bertz CT molecular complexity index is 276. The number of hydrogen-bond donors (Lipinski definition) is 1. The van der Waals surface area contributed by atoms with Crippen molar-refractivity contribution in [3.63, 3.8) is 0 Å². The van der Waals surface area contributed by atoms with Crippen LogP contribution in [0.2, 0.25) is 1.41 Å². The van der Waals surface area contributed by atoms with Crippen molar-refractivity contribution in [1.29, 1.82) is 0 Å². The Kier molecular flexibility index (Phi) is 1.94. The van der Waals surface area contributed by atoms with Crippen LogP contribution in [-0.2, 0) is 11.2 Å². The lowest BCUT2D eigenvalue weighted by Gasteiger charge is -2.02. The molecule has 0 fully saturated rings.